The lowest BCUT2D eigenvalue weighted by Gasteiger charge is -2.37. The van der Waals surface area contributed by atoms with E-state index in [-0.39, 0.29) is 89.4 Å². The predicted octanol–water partition coefficient (Wildman–Crippen LogP) is 5.90. The van der Waals surface area contributed by atoms with Crippen LogP contribution < -0.4 is 38.8 Å². The van der Waals surface area contributed by atoms with Gasteiger partial charge in [0.2, 0.25) is 27.2 Å². The Labute approximate surface area is 534 Å². The largest absolute Gasteiger partial charge is 0.488 e. The van der Waals surface area contributed by atoms with E-state index in [2.05, 4.69) is 14.8 Å². The average Bonchev–Trinajstić information content (AvgIpc) is 1.62. The highest BCUT2D eigenvalue weighted by atomic mass is 35.5. The van der Waals surface area contributed by atoms with Crippen LogP contribution in [0, 0.1) is 10.1 Å². The fourth-order valence-electron chi connectivity index (χ4n) is 8.77. The molecule has 34 heteroatoms. The Hall–Kier alpha value is -11.3. The second-order valence-corrected chi connectivity index (χ2v) is 20.0. The number of esters is 11. The number of nitrogens with zero attached hydrogens (tertiary/aromatic N) is 3. The number of amides is 1. The Kier molecular flexibility index (Phi) is 23.0. The van der Waals surface area contributed by atoms with E-state index in [0.29, 0.717) is 0 Å². The number of fused-ring (bicyclic) bond motifs is 6. The number of hydrogen-bond donors (Lipinski definition) is 1. The molecule has 490 valence electrons. The molecule has 0 radical (unpaired) electrons. The summed E-state index contributed by atoms with van der Waals surface area (Å²) in [6, 6.07) is 16.0. The van der Waals surface area contributed by atoms with Crippen LogP contribution >= 0.6 is 23.2 Å². The topological polar surface area (TPSA) is 396 Å². The SMILES string of the molecule is CC(=O)OCOC(=O)CN(CC(=O)OCOC(C)=O)c1ccc(NC(=O)c2ccc3c(c2)C(=O)OC32c3cc(Cl)c(OC(C)=O)cc3Oc3cc(OC(C)=O)c(Cl)cc32)cc1OCCOc1cc([N+](=O)[O-])ccc1N(CC(=O)OCOC(C)=O)CC(=O)OCOC(C)=O. The molecular formula is C59H52Cl2N4O28. The number of rotatable bonds is 28. The van der Waals surface area contributed by atoms with Crippen molar-refractivity contribution in [1.29, 1.82) is 0 Å². The number of hydrogen-bond acceptors (Lipinski definition) is 30. The number of nitro benzene ring substituents is 1. The van der Waals surface area contributed by atoms with E-state index in [1.165, 1.54) is 60.7 Å². The van der Waals surface area contributed by atoms with Gasteiger partial charge in [0.25, 0.3) is 11.6 Å². The summed E-state index contributed by atoms with van der Waals surface area (Å²) in [5.41, 5.74) is -2.71. The fraction of sp³-hybridized carbons (Fsp3) is 0.288. The second-order valence-electron chi connectivity index (χ2n) is 19.2. The van der Waals surface area contributed by atoms with Gasteiger partial charge in [-0.25, -0.2) is 4.79 Å². The zero-order valence-corrected chi connectivity index (χ0v) is 51.1. The van der Waals surface area contributed by atoms with Crippen molar-refractivity contribution in [2.45, 2.75) is 47.1 Å². The Morgan fingerprint density at radius 3 is 1.33 bits per heavy atom. The molecule has 0 saturated carbocycles. The highest BCUT2D eigenvalue weighted by Gasteiger charge is 2.54. The number of non-ortho nitro benzene ring substituents is 1. The summed E-state index contributed by atoms with van der Waals surface area (Å²) in [5.74, 6) is -11.7. The van der Waals surface area contributed by atoms with Crippen LogP contribution in [0.5, 0.6) is 34.5 Å². The Balaban J connectivity index is 1.24. The molecule has 0 unspecified atom stereocenters. The van der Waals surface area contributed by atoms with Crippen molar-refractivity contribution in [3.05, 3.63) is 127 Å². The lowest BCUT2D eigenvalue weighted by atomic mass is 9.77. The Morgan fingerprint density at radius 2 is 0.925 bits per heavy atom. The lowest BCUT2D eigenvalue weighted by Crippen LogP contribution is -2.37. The van der Waals surface area contributed by atoms with Crippen molar-refractivity contribution in [2.75, 3.05) is 81.7 Å². The minimum Gasteiger partial charge on any atom is -0.488 e. The van der Waals surface area contributed by atoms with Crippen molar-refractivity contribution in [3.8, 4) is 34.5 Å². The number of nitro groups is 1. The molecular weight excluding hydrogens is 1280 g/mol. The monoisotopic (exact) mass is 1330 g/mol. The second kappa shape index (κ2) is 31.0. The molecule has 1 N–H and O–H groups in total. The van der Waals surface area contributed by atoms with Crippen molar-refractivity contribution in [3.63, 3.8) is 0 Å². The van der Waals surface area contributed by atoms with Crippen LogP contribution in [-0.2, 0) is 96.2 Å². The zero-order chi connectivity index (χ0) is 67.8. The molecule has 0 atom stereocenters. The number of anilines is 3. The third kappa shape index (κ3) is 18.2. The van der Waals surface area contributed by atoms with Crippen LogP contribution in [0.1, 0.15) is 78.9 Å². The van der Waals surface area contributed by atoms with E-state index < -0.39 is 154 Å². The molecule has 7 rings (SSSR count). The van der Waals surface area contributed by atoms with Gasteiger partial charge in [0.15, 0.2) is 17.1 Å². The summed E-state index contributed by atoms with van der Waals surface area (Å²) in [5, 5.41) is 14.5. The van der Waals surface area contributed by atoms with Gasteiger partial charge in [-0.15, -0.1) is 0 Å². The molecule has 5 aromatic rings. The van der Waals surface area contributed by atoms with Gasteiger partial charge in [-0.1, -0.05) is 29.3 Å². The first-order valence-corrected chi connectivity index (χ1v) is 27.6. The van der Waals surface area contributed by atoms with Gasteiger partial charge >= 0.3 is 65.7 Å². The van der Waals surface area contributed by atoms with E-state index in [9.17, 15) is 67.6 Å². The number of nitrogens with one attached hydrogen (secondary N) is 1. The summed E-state index contributed by atoms with van der Waals surface area (Å²) >= 11 is 13.3. The first-order chi connectivity index (χ1) is 44.1. The van der Waals surface area contributed by atoms with Gasteiger partial charge in [0, 0.05) is 93.7 Å². The summed E-state index contributed by atoms with van der Waals surface area (Å²) in [6.07, 6.45) is 0. The molecule has 2 aliphatic heterocycles. The molecule has 0 aliphatic carbocycles. The van der Waals surface area contributed by atoms with Crippen LogP contribution in [0.15, 0.2) is 78.9 Å². The summed E-state index contributed by atoms with van der Waals surface area (Å²) in [4.78, 5) is 164. The van der Waals surface area contributed by atoms with Gasteiger partial charge in [-0.2, -0.15) is 0 Å². The van der Waals surface area contributed by atoms with Crippen LogP contribution in [0.25, 0.3) is 0 Å². The first kappa shape index (κ1) is 69.2. The minimum absolute atomic E-state index is 0.0186. The van der Waals surface area contributed by atoms with Gasteiger partial charge in [-0.3, -0.25) is 62.9 Å². The highest BCUT2D eigenvalue weighted by Crippen LogP contribution is 2.59. The minimum atomic E-state index is -1.92. The third-order valence-corrected chi connectivity index (χ3v) is 13.1. The number of carbonyl (C=O) groups is 12. The van der Waals surface area contributed by atoms with E-state index in [0.717, 1.165) is 69.5 Å². The standard InChI is InChI=1S/C59H52Cl2N4O28/c1-30(66)82-26-86-53(72)22-63(23-54(73)87-27-83-31(2)67)45-11-8-37(16-51(45)80-13-14-81-52-17-38(65(78)79)9-12-46(52)64(24-55(74)88-28-84-32(3)68)25-56(75)89-29-85-33(4)69)62-57(76)36-7-10-40-39(15-36)58(77)93-59(40)41-18-43(60)49(90-34(5)70)20-47(41)92-48-21-50(91-35(6)71)44(61)19-42(48)59/h7-12,15-21H,13-14,22-29H2,1-6H3,(H,62,76). The molecule has 2 heterocycles. The molecule has 0 saturated heterocycles. The predicted molar refractivity (Wildman–Crippen MR) is 311 cm³/mol. The van der Waals surface area contributed by atoms with Crippen molar-refractivity contribution in [1.82, 2.24) is 0 Å². The molecule has 32 nitrogen and oxygen atoms in total. The van der Waals surface area contributed by atoms with Crippen LogP contribution in [-0.4, -0.2) is 143 Å². The quantitative estimate of drug-likeness (QED) is 0.0116. The van der Waals surface area contributed by atoms with Gasteiger partial charge in [-0.05, 0) is 42.5 Å². The zero-order valence-electron chi connectivity index (χ0n) is 49.6. The van der Waals surface area contributed by atoms with E-state index in [1.807, 2.05) is 0 Å². The Bertz CT molecular complexity index is 3710. The van der Waals surface area contributed by atoms with Crippen molar-refractivity contribution < 1.29 is 129 Å². The highest BCUT2D eigenvalue weighted by molar-refractivity contribution is 6.33. The molecule has 0 fully saturated rings. The summed E-state index contributed by atoms with van der Waals surface area (Å²) in [6.45, 7) is -1.24. The molecule has 2 aliphatic rings. The molecule has 1 spiro atoms. The maximum Gasteiger partial charge on any atom is 0.340 e. The van der Waals surface area contributed by atoms with Crippen molar-refractivity contribution in [2.24, 2.45) is 0 Å². The molecule has 1 amide bonds. The van der Waals surface area contributed by atoms with Crippen LogP contribution in [0.4, 0.5) is 22.7 Å². The van der Waals surface area contributed by atoms with Gasteiger partial charge < -0.3 is 81.4 Å². The maximum absolute atomic E-state index is 14.4. The molecule has 5 aromatic carbocycles. The number of ether oxygens (including phenoxy) is 14. The summed E-state index contributed by atoms with van der Waals surface area (Å²) < 4.78 is 73.9. The third-order valence-electron chi connectivity index (χ3n) is 12.5. The van der Waals surface area contributed by atoms with E-state index in [1.54, 1.807) is 0 Å². The fourth-order valence-corrected chi connectivity index (χ4v) is 9.17. The molecule has 93 heavy (non-hydrogen) atoms. The number of halogens is 2. The maximum atomic E-state index is 14.4. The number of benzene rings is 5. The Morgan fingerprint density at radius 1 is 0.505 bits per heavy atom. The van der Waals surface area contributed by atoms with Crippen molar-refractivity contribution >= 4 is 118 Å². The summed E-state index contributed by atoms with van der Waals surface area (Å²) in [7, 11) is 0. The van der Waals surface area contributed by atoms with Gasteiger partial charge in [0.1, 0.15) is 62.4 Å². The van der Waals surface area contributed by atoms with Crippen LogP contribution in [0.3, 0.4) is 0 Å². The van der Waals surface area contributed by atoms with E-state index >= 15 is 0 Å². The average molecular weight is 1340 g/mol. The first-order valence-electron chi connectivity index (χ1n) is 26.9. The normalized spacial score (nSPS) is 11.8. The lowest BCUT2D eigenvalue weighted by molar-refractivity contribution is -0.384. The number of carbonyl (C=O) groups excluding carboxylic acids is 12. The van der Waals surface area contributed by atoms with Gasteiger partial charge in [0.05, 0.1) is 38.0 Å². The molecule has 0 bridgehead atoms. The smallest absolute Gasteiger partial charge is 0.340 e. The van der Waals surface area contributed by atoms with E-state index in [4.69, 9.17) is 80.0 Å². The molecule has 0 aromatic heterocycles. The van der Waals surface area contributed by atoms with Crippen LogP contribution in [0.2, 0.25) is 10.0 Å².